The SMILES string of the molecule is O=C(NCC1CCN(CC(F)(F)F)C1)c1cccc(F)n1. The minimum atomic E-state index is -4.20. The molecule has 1 aliphatic heterocycles. The van der Waals surface area contributed by atoms with Crippen molar-refractivity contribution < 1.29 is 22.4 Å². The van der Waals surface area contributed by atoms with Crippen molar-refractivity contribution in [3.63, 3.8) is 0 Å². The summed E-state index contributed by atoms with van der Waals surface area (Å²) in [4.78, 5) is 16.5. The Hall–Kier alpha value is -1.70. The van der Waals surface area contributed by atoms with Gasteiger partial charge in [-0.25, -0.2) is 4.98 Å². The summed E-state index contributed by atoms with van der Waals surface area (Å²) in [6.07, 6.45) is -3.61. The molecule has 0 aromatic carbocycles. The lowest BCUT2D eigenvalue weighted by molar-refractivity contribution is -0.143. The number of nitrogens with one attached hydrogen (secondary N) is 1. The van der Waals surface area contributed by atoms with Gasteiger partial charge in [0.25, 0.3) is 5.91 Å². The lowest BCUT2D eigenvalue weighted by atomic mass is 10.1. The van der Waals surface area contributed by atoms with E-state index in [9.17, 15) is 22.4 Å². The van der Waals surface area contributed by atoms with E-state index in [4.69, 9.17) is 0 Å². The van der Waals surface area contributed by atoms with Crippen LogP contribution in [-0.2, 0) is 0 Å². The van der Waals surface area contributed by atoms with Gasteiger partial charge in [-0.3, -0.25) is 9.69 Å². The van der Waals surface area contributed by atoms with Gasteiger partial charge in [-0.15, -0.1) is 0 Å². The van der Waals surface area contributed by atoms with Crippen LogP contribution in [0.5, 0.6) is 0 Å². The minimum Gasteiger partial charge on any atom is -0.350 e. The second kappa shape index (κ2) is 6.38. The highest BCUT2D eigenvalue weighted by molar-refractivity contribution is 5.92. The molecule has 1 unspecified atom stereocenters. The number of nitrogens with zero attached hydrogens (tertiary/aromatic N) is 2. The highest BCUT2D eigenvalue weighted by Crippen LogP contribution is 2.22. The fourth-order valence-corrected chi connectivity index (χ4v) is 2.34. The smallest absolute Gasteiger partial charge is 0.350 e. The van der Waals surface area contributed by atoms with Crippen molar-refractivity contribution in [2.24, 2.45) is 5.92 Å². The number of rotatable bonds is 4. The summed E-state index contributed by atoms with van der Waals surface area (Å²) in [5, 5.41) is 2.58. The molecule has 8 heteroatoms. The molecule has 1 aromatic heterocycles. The third-order valence-corrected chi connectivity index (χ3v) is 3.27. The number of amides is 1. The molecule has 1 atom stereocenters. The van der Waals surface area contributed by atoms with E-state index in [-0.39, 0.29) is 24.7 Å². The highest BCUT2D eigenvalue weighted by Gasteiger charge is 2.34. The number of hydrogen-bond acceptors (Lipinski definition) is 3. The third-order valence-electron chi connectivity index (χ3n) is 3.27. The molecular weight excluding hydrogens is 290 g/mol. The first kappa shape index (κ1) is 15.7. The molecule has 1 saturated heterocycles. The third kappa shape index (κ3) is 4.96. The Morgan fingerprint density at radius 3 is 2.86 bits per heavy atom. The first-order valence-corrected chi connectivity index (χ1v) is 6.53. The predicted octanol–water partition coefficient (Wildman–Crippen LogP) is 1.83. The normalized spacial score (nSPS) is 19.7. The van der Waals surface area contributed by atoms with Crippen LogP contribution in [0.15, 0.2) is 18.2 Å². The van der Waals surface area contributed by atoms with Crippen molar-refractivity contribution >= 4 is 5.91 Å². The molecule has 116 valence electrons. The lowest BCUT2D eigenvalue weighted by Gasteiger charge is -2.17. The van der Waals surface area contributed by atoms with Crippen LogP contribution >= 0.6 is 0 Å². The largest absolute Gasteiger partial charge is 0.401 e. The molecule has 0 radical (unpaired) electrons. The summed E-state index contributed by atoms with van der Waals surface area (Å²) in [5.41, 5.74) is -0.0415. The summed E-state index contributed by atoms with van der Waals surface area (Å²) in [6.45, 7) is -0.0249. The topological polar surface area (TPSA) is 45.2 Å². The number of pyridine rings is 1. The van der Waals surface area contributed by atoms with Crippen LogP contribution in [0, 0.1) is 11.9 Å². The van der Waals surface area contributed by atoms with Gasteiger partial charge in [0.05, 0.1) is 6.54 Å². The van der Waals surface area contributed by atoms with Crippen molar-refractivity contribution in [3.8, 4) is 0 Å². The molecular formula is C13H15F4N3O. The maximum Gasteiger partial charge on any atom is 0.401 e. The molecule has 4 nitrogen and oxygen atoms in total. The zero-order chi connectivity index (χ0) is 15.5. The maximum atomic E-state index is 12.9. The summed E-state index contributed by atoms with van der Waals surface area (Å²) in [7, 11) is 0. The van der Waals surface area contributed by atoms with Crippen molar-refractivity contribution in [1.29, 1.82) is 0 Å². The quantitative estimate of drug-likeness (QED) is 0.682. The fourth-order valence-electron chi connectivity index (χ4n) is 2.34. The number of hydrogen-bond donors (Lipinski definition) is 1. The van der Waals surface area contributed by atoms with Gasteiger partial charge in [-0.1, -0.05) is 6.07 Å². The Morgan fingerprint density at radius 1 is 1.43 bits per heavy atom. The van der Waals surface area contributed by atoms with E-state index < -0.39 is 24.6 Å². The van der Waals surface area contributed by atoms with Gasteiger partial charge in [-0.05, 0) is 31.0 Å². The van der Waals surface area contributed by atoms with Crippen LogP contribution in [0.4, 0.5) is 17.6 Å². The number of aromatic nitrogens is 1. The molecule has 2 heterocycles. The number of halogens is 4. The van der Waals surface area contributed by atoms with E-state index in [0.717, 1.165) is 6.07 Å². The van der Waals surface area contributed by atoms with E-state index >= 15 is 0 Å². The van der Waals surface area contributed by atoms with Gasteiger partial charge in [0.2, 0.25) is 5.95 Å². The molecule has 1 aliphatic rings. The number of alkyl halides is 3. The molecule has 0 aliphatic carbocycles. The van der Waals surface area contributed by atoms with Crippen LogP contribution in [0.3, 0.4) is 0 Å². The van der Waals surface area contributed by atoms with E-state index in [0.29, 0.717) is 13.0 Å². The van der Waals surface area contributed by atoms with E-state index in [2.05, 4.69) is 10.3 Å². The summed E-state index contributed by atoms with van der Waals surface area (Å²) < 4.78 is 49.6. The van der Waals surface area contributed by atoms with Gasteiger partial charge in [-0.2, -0.15) is 17.6 Å². The highest BCUT2D eigenvalue weighted by atomic mass is 19.4. The Balaban J connectivity index is 1.78. The van der Waals surface area contributed by atoms with Gasteiger partial charge in [0.1, 0.15) is 5.69 Å². The zero-order valence-electron chi connectivity index (χ0n) is 11.2. The van der Waals surface area contributed by atoms with Gasteiger partial charge >= 0.3 is 6.18 Å². The monoisotopic (exact) mass is 305 g/mol. The molecule has 1 aromatic rings. The molecule has 0 spiro atoms. The Labute approximate surface area is 119 Å². The van der Waals surface area contributed by atoms with Gasteiger partial charge in [0, 0.05) is 13.1 Å². The molecule has 2 rings (SSSR count). The van der Waals surface area contributed by atoms with Crippen LogP contribution < -0.4 is 5.32 Å². The fraction of sp³-hybridized carbons (Fsp3) is 0.538. The Kier molecular flexibility index (Phi) is 4.76. The average molecular weight is 305 g/mol. The summed E-state index contributed by atoms with van der Waals surface area (Å²) in [6, 6.07) is 3.88. The van der Waals surface area contributed by atoms with Crippen molar-refractivity contribution in [2.75, 3.05) is 26.2 Å². The van der Waals surface area contributed by atoms with Gasteiger partial charge < -0.3 is 5.32 Å². The Bertz CT molecular complexity index is 506. The van der Waals surface area contributed by atoms with Crippen molar-refractivity contribution in [1.82, 2.24) is 15.2 Å². The van der Waals surface area contributed by atoms with Crippen LogP contribution in [0.2, 0.25) is 0 Å². The second-order valence-electron chi connectivity index (χ2n) is 5.06. The molecule has 0 saturated carbocycles. The molecule has 1 amide bonds. The molecule has 1 fully saturated rings. The molecule has 21 heavy (non-hydrogen) atoms. The molecule has 1 N–H and O–H groups in total. The zero-order valence-corrected chi connectivity index (χ0v) is 11.2. The summed E-state index contributed by atoms with van der Waals surface area (Å²) >= 11 is 0. The van der Waals surface area contributed by atoms with Crippen molar-refractivity contribution in [2.45, 2.75) is 12.6 Å². The van der Waals surface area contributed by atoms with Crippen molar-refractivity contribution in [3.05, 3.63) is 29.8 Å². The predicted molar refractivity (Wildman–Crippen MR) is 67.1 cm³/mol. The first-order valence-electron chi connectivity index (χ1n) is 6.53. The summed E-state index contributed by atoms with van der Waals surface area (Å²) in [5.74, 6) is -1.31. The number of carbonyl (C=O) groups excluding carboxylic acids is 1. The van der Waals surface area contributed by atoms with Crippen LogP contribution in [0.25, 0.3) is 0 Å². The minimum absolute atomic E-state index is 0.0372. The van der Waals surface area contributed by atoms with E-state index in [1.54, 1.807) is 0 Å². The van der Waals surface area contributed by atoms with Crippen LogP contribution in [-0.4, -0.2) is 48.1 Å². The molecule has 0 bridgehead atoms. The number of carbonyl (C=O) groups is 1. The maximum absolute atomic E-state index is 12.9. The average Bonchev–Trinajstić information content (AvgIpc) is 2.81. The number of likely N-dealkylation sites (tertiary alicyclic amines) is 1. The second-order valence-corrected chi connectivity index (χ2v) is 5.06. The van der Waals surface area contributed by atoms with E-state index in [1.807, 2.05) is 0 Å². The van der Waals surface area contributed by atoms with E-state index in [1.165, 1.54) is 17.0 Å². The van der Waals surface area contributed by atoms with Gasteiger partial charge in [0.15, 0.2) is 0 Å². The standard InChI is InChI=1S/C13H15F4N3O/c14-11-3-1-2-10(19-11)12(21)18-6-9-4-5-20(7-9)8-13(15,16)17/h1-3,9H,4-8H2,(H,18,21). The Morgan fingerprint density at radius 2 is 2.19 bits per heavy atom. The lowest BCUT2D eigenvalue weighted by Crippen LogP contribution is -2.34. The first-order chi connectivity index (χ1) is 9.83. The van der Waals surface area contributed by atoms with Crippen LogP contribution in [0.1, 0.15) is 16.9 Å².